The topological polar surface area (TPSA) is 76.7 Å². The minimum absolute atomic E-state index is 0.250. The molecule has 8 heteroatoms. The molecule has 0 aromatic heterocycles. The van der Waals surface area contributed by atoms with Gasteiger partial charge in [-0.1, -0.05) is 43.6 Å². The number of carbonyl (C=O) groups excluding carboxylic acids is 2. The van der Waals surface area contributed by atoms with Crippen molar-refractivity contribution in [3.8, 4) is 11.5 Å². The fourth-order valence-electron chi connectivity index (χ4n) is 2.19. The summed E-state index contributed by atoms with van der Waals surface area (Å²) in [6.07, 6.45) is -0.848. The van der Waals surface area contributed by atoms with Crippen LogP contribution in [0.5, 0.6) is 11.5 Å². The van der Waals surface area contributed by atoms with E-state index < -0.39 is 17.9 Å². The molecule has 1 atom stereocenters. The summed E-state index contributed by atoms with van der Waals surface area (Å²) >= 11 is 9.42. The lowest BCUT2D eigenvalue weighted by Gasteiger charge is -2.16. The summed E-state index contributed by atoms with van der Waals surface area (Å²) < 4.78 is 11.7. The normalized spacial score (nSPS) is 11.6. The van der Waals surface area contributed by atoms with Crippen LogP contribution in [-0.4, -0.2) is 24.5 Å². The Hall–Kier alpha value is -2.25. The van der Waals surface area contributed by atoms with Gasteiger partial charge in [-0.05, 0) is 58.6 Å². The van der Waals surface area contributed by atoms with Crippen LogP contribution < -0.4 is 20.3 Å². The number of ether oxygens (including phenoxy) is 2. The second kappa shape index (κ2) is 10.3. The SMILES string of the molecule is CC(Oc1ccccc1Cl)C(=O)NNC(=O)COc1ccc(C(C)C)cc1Br. The Kier molecular flexibility index (Phi) is 8.14. The lowest BCUT2D eigenvalue weighted by atomic mass is 10.0. The van der Waals surface area contributed by atoms with Gasteiger partial charge < -0.3 is 9.47 Å². The molecule has 2 N–H and O–H groups in total. The number of benzene rings is 2. The van der Waals surface area contributed by atoms with Crippen molar-refractivity contribution in [1.82, 2.24) is 10.9 Å². The fraction of sp³-hybridized carbons (Fsp3) is 0.300. The van der Waals surface area contributed by atoms with E-state index in [1.165, 1.54) is 0 Å². The van der Waals surface area contributed by atoms with Crippen molar-refractivity contribution in [1.29, 1.82) is 0 Å². The first-order valence-corrected chi connectivity index (χ1v) is 9.87. The molecule has 2 amide bonds. The van der Waals surface area contributed by atoms with E-state index >= 15 is 0 Å². The highest BCUT2D eigenvalue weighted by molar-refractivity contribution is 9.10. The molecule has 0 aliphatic heterocycles. The van der Waals surface area contributed by atoms with Crippen molar-refractivity contribution in [2.75, 3.05) is 6.61 Å². The van der Waals surface area contributed by atoms with Gasteiger partial charge in [0.1, 0.15) is 11.5 Å². The maximum atomic E-state index is 12.1. The second-order valence-electron chi connectivity index (χ2n) is 6.36. The van der Waals surface area contributed by atoms with E-state index in [4.69, 9.17) is 21.1 Å². The first-order valence-electron chi connectivity index (χ1n) is 8.70. The number of amides is 2. The minimum atomic E-state index is -0.848. The molecule has 1 unspecified atom stereocenters. The van der Waals surface area contributed by atoms with Gasteiger partial charge in [-0.3, -0.25) is 20.4 Å². The largest absolute Gasteiger partial charge is 0.483 e. The highest BCUT2D eigenvalue weighted by Gasteiger charge is 2.17. The van der Waals surface area contributed by atoms with Gasteiger partial charge in [-0.15, -0.1) is 0 Å². The van der Waals surface area contributed by atoms with E-state index in [-0.39, 0.29) is 6.61 Å². The maximum Gasteiger partial charge on any atom is 0.279 e. The quantitative estimate of drug-likeness (QED) is 0.595. The molecule has 2 aromatic carbocycles. The Balaban J connectivity index is 1.79. The van der Waals surface area contributed by atoms with Crippen LogP contribution in [0.15, 0.2) is 46.9 Å². The number of para-hydroxylation sites is 1. The first-order chi connectivity index (χ1) is 13.3. The molecule has 28 heavy (non-hydrogen) atoms. The number of nitrogens with one attached hydrogen (secondary N) is 2. The summed E-state index contributed by atoms with van der Waals surface area (Å²) in [5.41, 5.74) is 5.75. The molecule has 0 radical (unpaired) electrons. The lowest BCUT2D eigenvalue weighted by Crippen LogP contribution is -2.48. The van der Waals surface area contributed by atoms with Crippen LogP contribution in [0.1, 0.15) is 32.3 Å². The third kappa shape index (κ3) is 6.42. The Labute approximate surface area is 177 Å². The highest BCUT2D eigenvalue weighted by Crippen LogP contribution is 2.28. The fourth-order valence-corrected chi connectivity index (χ4v) is 2.88. The number of carbonyl (C=O) groups is 2. The summed E-state index contributed by atoms with van der Waals surface area (Å²) in [6.45, 7) is 5.48. The number of hydrazine groups is 1. The standard InChI is InChI=1S/C20H22BrClN2O4/c1-12(2)14-8-9-17(15(21)10-14)27-11-19(25)23-24-20(26)13(3)28-18-7-5-4-6-16(18)22/h4-10,12-13H,11H2,1-3H3,(H,23,25)(H,24,26). The lowest BCUT2D eigenvalue weighted by molar-refractivity contribution is -0.133. The van der Waals surface area contributed by atoms with Gasteiger partial charge in [0.15, 0.2) is 12.7 Å². The number of halogens is 2. The molecular formula is C20H22BrClN2O4. The predicted octanol–water partition coefficient (Wildman–Crippen LogP) is 4.22. The Morgan fingerprint density at radius 2 is 1.79 bits per heavy atom. The molecule has 150 valence electrons. The molecule has 2 aromatic rings. The molecule has 6 nitrogen and oxygen atoms in total. The Morgan fingerprint density at radius 3 is 2.43 bits per heavy atom. The molecule has 0 fully saturated rings. The van der Waals surface area contributed by atoms with E-state index in [0.717, 1.165) is 10.0 Å². The van der Waals surface area contributed by atoms with Gasteiger partial charge in [0, 0.05) is 0 Å². The Bertz CT molecular complexity index is 845. The Morgan fingerprint density at radius 1 is 1.07 bits per heavy atom. The van der Waals surface area contributed by atoms with Crippen LogP contribution in [0.4, 0.5) is 0 Å². The molecule has 0 spiro atoms. The van der Waals surface area contributed by atoms with Gasteiger partial charge in [0.05, 0.1) is 9.50 Å². The van der Waals surface area contributed by atoms with Crippen molar-refractivity contribution < 1.29 is 19.1 Å². The van der Waals surface area contributed by atoms with Gasteiger partial charge in [0.2, 0.25) is 0 Å². The van der Waals surface area contributed by atoms with E-state index in [2.05, 4.69) is 40.6 Å². The molecule has 0 aliphatic rings. The molecule has 0 bridgehead atoms. The minimum Gasteiger partial charge on any atom is -0.483 e. The van der Waals surface area contributed by atoms with Gasteiger partial charge in [0.25, 0.3) is 11.8 Å². The van der Waals surface area contributed by atoms with E-state index in [9.17, 15) is 9.59 Å². The van der Waals surface area contributed by atoms with Crippen LogP contribution in [0.3, 0.4) is 0 Å². The molecule has 0 saturated carbocycles. The zero-order valence-corrected chi connectivity index (χ0v) is 18.1. The van der Waals surface area contributed by atoms with Gasteiger partial charge in [-0.2, -0.15) is 0 Å². The van der Waals surface area contributed by atoms with Crippen LogP contribution in [0.2, 0.25) is 5.02 Å². The second-order valence-corrected chi connectivity index (χ2v) is 7.62. The number of hydrogen-bond donors (Lipinski definition) is 2. The van der Waals surface area contributed by atoms with Crippen molar-refractivity contribution >= 4 is 39.3 Å². The monoisotopic (exact) mass is 468 g/mol. The van der Waals surface area contributed by atoms with E-state index in [1.807, 2.05) is 12.1 Å². The van der Waals surface area contributed by atoms with Gasteiger partial charge in [-0.25, -0.2) is 0 Å². The zero-order valence-electron chi connectivity index (χ0n) is 15.8. The average molecular weight is 470 g/mol. The van der Waals surface area contributed by atoms with Crippen molar-refractivity contribution in [3.05, 3.63) is 57.5 Å². The molecular weight excluding hydrogens is 448 g/mol. The summed E-state index contributed by atoms with van der Waals surface area (Å²) in [7, 11) is 0. The van der Waals surface area contributed by atoms with Gasteiger partial charge >= 0.3 is 0 Å². The summed E-state index contributed by atoms with van der Waals surface area (Å²) in [6, 6.07) is 12.5. The molecule has 0 aliphatic carbocycles. The maximum absolute atomic E-state index is 12.1. The van der Waals surface area contributed by atoms with E-state index in [1.54, 1.807) is 37.3 Å². The summed E-state index contributed by atoms with van der Waals surface area (Å²) in [5.74, 6) is 0.296. The third-order valence-corrected chi connectivity index (χ3v) is 4.75. The number of rotatable bonds is 7. The molecule has 0 saturated heterocycles. The number of hydrogen-bond acceptors (Lipinski definition) is 4. The van der Waals surface area contributed by atoms with Crippen molar-refractivity contribution in [2.24, 2.45) is 0 Å². The zero-order chi connectivity index (χ0) is 20.7. The van der Waals surface area contributed by atoms with Crippen LogP contribution in [0, 0.1) is 0 Å². The van der Waals surface area contributed by atoms with E-state index in [0.29, 0.717) is 22.4 Å². The highest BCUT2D eigenvalue weighted by atomic mass is 79.9. The predicted molar refractivity (Wildman–Crippen MR) is 112 cm³/mol. The first kappa shape index (κ1) is 22.0. The smallest absolute Gasteiger partial charge is 0.279 e. The average Bonchev–Trinajstić information content (AvgIpc) is 2.66. The third-order valence-electron chi connectivity index (χ3n) is 3.82. The molecule has 2 rings (SSSR count). The van der Waals surface area contributed by atoms with Crippen LogP contribution in [0.25, 0.3) is 0 Å². The van der Waals surface area contributed by atoms with Crippen LogP contribution in [-0.2, 0) is 9.59 Å². The van der Waals surface area contributed by atoms with Crippen LogP contribution >= 0.6 is 27.5 Å². The summed E-state index contributed by atoms with van der Waals surface area (Å²) in [5, 5.41) is 0.397. The van der Waals surface area contributed by atoms with Crippen molar-refractivity contribution in [2.45, 2.75) is 32.8 Å². The summed E-state index contributed by atoms with van der Waals surface area (Å²) in [4.78, 5) is 24.0. The molecule has 0 heterocycles. The van der Waals surface area contributed by atoms with Crippen molar-refractivity contribution in [3.63, 3.8) is 0 Å².